The van der Waals surface area contributed by atoms with Crippen LogP contribution in [-0.4, -0.2) is 19.3 Å². The lowest BCUT2D eigenvalue weighted by atomic mass is 9.99. The van der Waals surface area contributed by atoms with Crippen molar-refractivity contribution in [3.05, 3.63) is 53.6 Å². The normalized spacial score (nSPS) is 11.9. The molecule has 2 rings (SSSR count). The molecule has 0 spiro atoms. The maximum absolute atomic E-state index is 10.4. The van der Waals surface area contributed by atoms with Crippen LogP contribution in [0, 0.1) is 0 Å². The number of rotatable bonds is 5. The third-order valence-corrected chi connectivity index (χ3v) is 3.28. The van der Waals surface area contributed by atoms with Crippen LogP contribution in [-0.2, 0) is 6.42 Å². The van der Waals surface area contributed by atoms with E-state index in [1.807, 2.05) is 30.3 Å². The zero-order valence-corrected chi connectivity index (χ0v) is 11.7. The molecule has 0 aliphatic carbocycles. The number of nitrogen functional groups attached to an aromatic ring is 1. The molecule has 0 saturated heterocycles. The van der Waals surface area contributed by atoms with Crippen molar-refractivity contribution in [1.82, 2.24) is 0 Å². The molecule has 0 saturated carbocycles. The second-order valence-electron chi connectivity index (χ2n) is 4.49. The van der Waals surface area contributed by atoms with E-state index in [1.54, 1.807) is 26.4 Å². The van der Waals surface area contributed by atoms with Crippen molar-refractivity contribution in [2.45, 2.75) is 12.5 Å². The number of benzene rings is 2. The van der Waals surface area contributed by atoms with Crippen molar-refractivity contribution in [2.24, 2.45) is 0 Å². The first-order chi connectivity index (χ1) is 9.67. The highest BCUT2D eigenvalue weighted by Gasteiger charge is 2.16. The van der Waals surface area contributed by atoms with Crippen LogP contribution in [0.15, 0.2) is 42.5 Å². The lowest BCUT2D eigenvalue weighted by Crippen LogP contribution is -2.07. The Kier molecular flexibility index (Phi) is 4.48. The summed E-state index contributed by atoms with van der Waals surface area (Å²) in [6.07, 6.45) is -0.275. The highest BCUT2D eigenvalue weighted by molar-refractivity contribution is 5.59. The molecule has 106 valence electrons. The lowest BCUT2D eigenvalue weighted by Gasteiger charge is -2.17. The summed E-state index contributed by atoms with van der Waals surface area (Å²) >= 11 is 0. The summed E-state index contributed by atoms with van der Waals surface area (Å²) in [5.74, 6) is 1.33. The lowest BCUT2D eigenvalue weighted by molar-refractivity contribution is 0.177. The zero-order chi connectivity index (χ0) is 14.5. The van der Waals surface area contributed by atoms with Gasteiger partial charge in [-0.05, 0) is 17.7 Å². The Hall–Kier alpha value is -2.20. The molecule has 2 aromatic carbocycles. The topological polar surface area (TPSA) is 64.7 Å². The fourth-order valence-electron chi connectivity index (χ4n) is 2.22. The van der Waals surface area contributed by atoms with Crippen LogP contribution in [0.4, 0.5) is 5.69 Å². The van der Waals surface area contributed by atoms with Gasteiger partial charge in [0.25, 0.3) is 0 Å². The number of hydrogen-bond acceptors (Lipinski definition) is 4. The fourth-order valence-corrected chi connectivity index (χ4v) is 2.22. The Labute approximate surface area is 118 Å². The molecule has 0 aromatic heterocycles. The largest absolute Gasteiger partial charge is 0.496 e. The molecule has 3 N–H and O–H groups in total. The van der Waals surface area contributed by atoms with Gasteiger partial charge in [-0.25, -0.2) is 0 Å². The number of methoxy groups -OCH3 is 2. The molecule has 1 atom stereocenters. The minimum atomic E-state index is -0.707. The van der Waals surface area contributed by atoms with Crippen LogP contribution >= 0.6 is 0 Å². The van der Waals surface area contributed by atoms with Gasteiger partial charge in [-0.3, -0.25) is 0 Å². The van der Waals surface area contributed by atoms with Crippen molar-refractivity contribution in [3.8, 4) is 11.5 Å². The Morgan fingerprint density at radius 2 is 1.65 bits per heavy atom. The monoisotopic (exact) mass is 273 g/mol. The predicted octanol–water partition coefficient (Wildman–Crippen LogP) is 2.56. The SMILES string of the molecule is COc1ccccc1CC(O)c1cccc(OC)c1N. The van der Waals surface area contributed by atoms with Crippen LogP contribution in [0.1, 0.15) is 17.2 Å². The first-order valence-electron chi connectivity index (χ1n) is 6.39. The van der Waals surface area contributed by atoms with Gasteiger partial charge in [0.1, 0.15) is 11.5 Å². The number of ether oxygens (including phenoxy) is 2. The van der Waals surface area contributed by atoms with E-state index < -0.39 is 6.10 Å². The van der Waals surface area contributed by atoms with Gasteiger partial charge in [-0.15, -0.1) is 0 Å². The summed E-state index contributed by atoms with van der Waals surface area (Å²) in [7, 11) is 3.17. The van der Waals surface area contributed by atoms with E-state index in [0.29, 0.717) is 23.4 Å². The molecule has 1 unspecified atom stereocenters. The summed E-state index contributed by atoms with van der Waals surface area (Å²) in [5.41, 5.74) is 8.07. The Morgan fingerprint density at radius 3 is 2.35 bits per heavy atom. The Morgan fingerprint density at radius 1 is 1.00 bits per heavy atom. The van der Waals surface area contributed by atoms with Crippen molar-refractivity contribution in [2.75, 3.05) is 20.0 Å². The van der Waals surface area contributed by atoms with Gasteiger partial charge in [0.15, 0.2) is 0 Å². The molecule has 0 heterocycles. The summed E-state index contributed by atoms with van der Waals surface area (Å²) in [6, 6.07) is 13.0. The van der Waals surface area contributed by atoms with Crippen molar-refractivity contribution < 1.29 is 14.6 Å². The minimum Gasteiger partial charge on any atom is -0.496 e. The molecule has 0 radical (unpaired) electrons. The maximum Gasteiger partial charge on any atom is 0.142 e. The first-order valence-corrected chi connectivity index (χ1v) is 6.39. The van der Waals surface area contributed by atoms with Gasteiger partial charge in [-0.1, -0.05) is 30.3 Å². The molecule has 20 heavy (non-hydrogen) atoms. The molecule has 4 heteroatoms. The van der Waals surface area contributed by atoms with Crippen LogP contribution < -0.4 is 15.2 Å². The Balaban J connectivity index is 2.26. The number of aliphatic hydroxyl groups is 1. The minimum absolute atomic E-state index is 0.432. The molecule has 0 aliphatic rings. The molecule has 2 aromatic rings. The highest BCUT2D eigenvalue weighted by atomic mass is 16.5. The van der Waals surface area contributed by atoms with E-state index in [4.69, 9.17) is 15.2 Å². The molecule has 0 fully saturated rings. The predicted molar refractivity (Wildman–Crippen MR) is 79.1 cm³/mol. The van der Waals surface area contributed by atoms with Gasteiger partial charge < -0.3 is 20.3 Å². The van der Waals surface area contributed by atoms with Gasteiger partial charge in [0, 0.05) is 12.0 Å². The van der Waals surface area contributed by atoms with Crippen LogP contribution in [0.2, 0.25) is 0 Å². The third-order valence-electron chi connectivity index (χ3n) is 3.28. The van der Waals surface area contributed by atoms with E-state index in [0.717, 1.165) is 11.3 Å². The van der Waals surface area contributed by atoms with E-state index in [9.17, 15) is 5.11 Å². The van der Waals surface area contributed by atoms with Crippen molar-refractivity contribution in [3.63, 3.8) is 0 Å². The summed E-state index contributed by atoms with van der Waals surface area (Å²) in [4.78, 5) is 0. The van der Waals surface area contributed by atoms with Crippen LogP contribution in [0.5, 0.6) is 11.5 Å². The number of aliphatic hydroxyl groups excluding tert-OH is 1. The van der Waals surface area contributed by atoms with Gasteiger partial charge in [-0.2, -0.15) is 0 Å². The van der Waals surface area contributed by atoms with Crippen molar-refractivity contribution >= 4 is 5.69 Å². The van der Waals surface area contributed by atoms with Gasteiger partial charge in [0.2, 0.25) is 0 Å². The number of nitrogens with two attached hydrogens (primary N) is 1. The van der Waals surface area contributed by atoms with Crippen molar-refractivity contribution in [1.29, 1.82) is 0 Å². The molecular weight excluding hydrogens is 254 g/mol. The molecule has 4 nitrogen and oxygen atoms in total. The summed E-state index contributed by atoms with van der Waals surface area (Å²) in [5, 5.41) is 10.4. The van der Waals surface area contributed by atoms with Crippen LogP contribution in [0.25, 0.3) is 0 Å². The molecule has 0 amide bonds. The fraction of sp³-hybridized carbons (Fsp3) is 0.250. The summed E-state index contributed by atoms with van der Waals surface area (Å²) in [6.45, 7) is 0. The second-order valence-corrected chi connectivity index (χ2v) is 4.49. The number of hydrogen-bond donors (Lipinski definition) is 2. The third kappa shape index (κ3) is 2.86. The molecular formula is C16H19NO3. The number of para-hydroxylation sites is 2. The van der Waals surface area contributed by atoms with E-state index in [1.165, 1.54) is 0 Å². The maximum atomic E-state index is 10.4. The van der Waals surface area contributed by atoms with E-state index in [-0.39, 0.29) is 0 Å². The second kappa shape index (κ2) is 6.30. The molecule has 0 bridgehead atoms. The van der Waals surface area contributed by atoms with Gasteiger partial charge in [0.05, 0.1) is 26.0 Å². The highest BCUT2D eigenvalue weighted by Crippen LogP contribution is 2.32. The van der Waals surface area contributed by atoms with E-state index in [2.05, 4.69) is 0 Å². The van der Waals surface area contributed by atoms with Crippen LogP contribution in [0.3, 0.4) is 0 Å². The summed E-state index contributed by atoms with van der Waals surface area (Å²) < 4.78 is 10.5. The first kappa shape index (κ1) is 14.2. The van der Waals surface area contributed by atoms with E-state index >= 15 is 0 Å². The average Bonchev–Trinajstić information content (AvgIpc) is 2.48. The van der Waals surface area contributed by atoms with Gasteiger partial charge >= 0.3 is 0 Å². The zero-order valence-electron chi connectivity index (χ0n) is 11.7. The Bertz CT molecular complexity index is 584. The quantitative estimate of drug-likeness (QED) is 0.822. The number of anilines is 1. The standard InChI is InChI=1S/C16H19NO3/c1-19-14-8-4-3-6-11(14)10-13(18)12-7-5-9-15(20-2)16(12)17/h3-9,13,18H,10,17H2,1-2H3. The smallest absolute Gasteiger partial charge is 0.142 e. The molecule has 0 aliphatic heterocycles. The average molecular weight is 273 g/mol.